The van der Waals surface area contributed by atoms with Gasteiger partial charge in [-0.1, -0.05) is 6.07 Å². The Morgan fingerprint density at radius 3 is 3.04 bits per heavy atom. The van der Waals surface area contributed by atoms with Crippen molar-refractivity contribution in [2.45, 2.75) is 32.2 Å². The first kappa shape index (κ1) is 14.4. The molecule has 1 fully saturated rings. The molecule has 3 atom stereocenters. The highest BCUT2D eigenvalue weighted by Crippen LogP contribution is 2.50. The molecule has 23 heavy (non-hydrogen) atoms. The first-order valence-corrected chi connectivity index (χ1v) is 8.67. The Morgan fingerprint density at radius 2 is 2.26 bits per heavy atom. The molecule has 0 radical (unpaired) electrons. The van der Waals surface area contributed by atoms with Crippen LogP contribution in [0.2, 0.25) is 0 Å². The van der Waals surface area contributed by atoms with Gasteiger partial charge in [-0.3, -0.25) is 9.20 Å². The molecule has 1 amide bonds. The Morgan fingerprint density at radius 1 is 1.39 bits per heavy atom. The monoisotopic (exact) mass is 326 g/mol. The minimum atomic E-state index is -0.161. The molecule has 1 unspecified atom stereocenters. The van der Waals surface area contributed by atoms with Crippen molar-refractivity contribution in [2.75, 3.05) is 0 Å². The van der Waals surface area contributed by atoms with E-state index in [1.165, 1.54) is 10.4 Å². The summed E-state index contributed by atoms with van der Waals surface area (Å²) < 4.78 is 1.92. The van der Waals surface area contributed by atoms with Crippen LogP contribution in [0, 0.1) is 12.8 Å². The summed E-state index contributed by atoms with van der Waals surface area (Å²) >= 11 is 1.75. The van der Waals surface area contributed by atoms with Crippen molar-refractivity contribution >= 4 is 22.9 Å². The van der Waals surface area contributed by atoms with E-state index in [1.54, 1.807) is 11.3 Å². The molecule has 0 aliphatic heterocycles. The predicted octanol–water partition coefficient (Wildman–Crippen LogP) is 3.08. The second-order valence-corrected chi connectivity index (χ2v) is 7.08. The standard InChI is InChI=1S/C17H18N4OS/c1-10-6-8-23-15(10)12-9-13(12)17(22)18-11(2)16-20-19-14-5-3-4-7-21(14)16/h3-8,11-13H,9H2,1-2H3,(H,18,22)/t11?,12-,13-/m1/s1. The van der Waals surface area contributed by atoms with Crippen molar-refractivity contribution in [3.63, 3.8) is 0 Å². The summed E-state index contributed by atoms with van der Waals surface area (Å²) in [5, 5.41) is 13.5. The molecule has 1 saturated carbocycles. The second-order valence-electron chi connectivity index (χ2n) is 6.13. The summed E-state index contributed by atoms with van der Waals surface area (Å²) in [6.07, 6.45) is 2.86. The predicted molar refractivity (Wildman–Crippen MR) is 89.4 cm³/mol. The average Bonchev–Trinajstić information content (AvgIpc) is 3.02. The van der Waals surface area contributed by atoms with Crippen LogP contribution in [0.15, 0.2) is 35.8 Å². The lowest BCUT2D eigenvalue weighted by Gasteiger charge is -2.12. The highest BCUT2D eigenvalue weighted by atomic mass is 32.1. The minimum Gasteiger partial charge on any atom is -0.346 e. The molecule has 3 aromatic rings. The maximum Gasteiger partial charge on any atom is 0.224 e. The number of nitrogens with zero attached hydrogens (tertiary/aromatic N) is 3. The Balaban J connectivity index is 1.46. The largest absolute Gasteiger partial charge is 0.346 e. The number of thiophene rings is 1. The summed E-state index contributed by atoms with van der Waals surface area (Å²) in [5.41, 5.74) is 2.09. The van der Waals surface area contributed by atoms with Gasteiger partial charge in [-0.05, 0) is 49.4 Å². The number of hydrogen-bond donors (Lipinski definition) is 1. The second kappa shape index (κ2) is 5.45. The van der Waals surface area contributed by atoms with Gasteiger partial charge in [-0.25, -0.2) is 0 Å². The van der Waals surface area contributed by atoms with Crippen LogP contribution in [-0.4, -0.2) is 20.5 Å². The number of carbonyl (C=O) groups excluding carboxylic acids is 1. The molecule has 1 N–H and O–H groups in total. The van der Waals surface area contributed by atoms with E-state index in [0.29, 0.717) is 5.92 Å². The maximum atomic E-state index is 12.5. The molecule has 0 bridgehead atoms. The summed E-state index contributed by atoms with van der Waals surface area (Å²) in [5.74, 6) is 1.35. The molecular weight excluding hydrogens is 308 g/mol. The molecule has 118 valence electrons. The van der Waals surface area contributed by atoms with Crippen LogP contribution >= 0.6 is 11.3 Å². The zero-order valence-corrected chi connectivity index (χ0v) is 13.9. The van der Waals surface area contributed by atoms with Gasteiger partial charge in [0.2, 0.25) is 5.91 Å². The highest BCUT2D eigenvalue weighted by molar-refractivity contribution is 7.10. The zero-order valence-electron chi connectivity index (χ0n) is 13.1. The highest BCUT2D eigenvalue weighted by Gasteiger charge is 2.45. The van der Waals surface area contributed by atoms with E-state index in [2.05, 4.69) is 33.9 Å². The van der Waals surface area contributed by atoms with Gasteiger partial charge in [0.25, 0.3) is 0 Å². The van der Waals surface area contributed by atoms with Gasteiger partial charge in [0.1, 0.15) is 0 Å². The van der Waals surface area contributed by atoms with Gasteiger partial charge in [0, 0.05) is 22.9 Å². The van der Waals surface area contributed by atoms with Crippen LogP contribution in [-0.2, 0) is 4.79 Å². The van der Waals surface area contributed by atoms with Gasteiger partial charge in [0.05, 0.1) is 6.04 Å². The lowest BCUT2D eigenvalue weighted by molar-refractivity contribution is -0.123. The number of pyridine rings is 1. The van der Waals surface area contributed by atoms with Gasteiger partial charge in [-0.15, -0.1) is 21.5 Å². The summed E-state index contributed by atoms with van der Waals surface area (Å²) in [6, 6.07) is 7.73. The number of carbonyl (C=O) groups is 1. The normalized spacial score (nSPS) is 21.3. The Kier molecular flexibility index (Phi) is 3.41. The molecule has 0 saturated heterocycles. The molecule has 3 heterocycles. The Bertz CT molecular complexity index is 868. The van der Waals surface area contributed by atoms with Crippen molar-refractivity contribution in [1.29, 1.82) is 0 Å². The van der Waals surface area contributed by atoms with E-state index in [-0.39, 0.29) is 17.9 Å². The van der Waals surface area contributed by atoms with E-state index < -0.39 is 0 Å². The van der Waals surface area contributed by atoms with Gasteiger partial charge < -0.3 is 5.32 Å². The number of amides is 1. The number of fused-ring (bicyclic) bond motifs is 1. The van der Waals surface area contributed by atoms with Gasteiger partial charge in [0.15, 0.2) is 11.5 Å². The van der Waals surface area contributed by atoms with Crippen LogP contribution in [0.25, 0.3) is 5.65 Å². The maximum absolute atomic E-state index is 12.5. The molecule has 3 aromatic heterocycles. The molecular formula is C17H18N4OS. The van der Waals surface area contributed by atoms with Crippen molar-refractivity contribution in [3.8, 4) is 0 Å². The third-order valence-corrected chi connectivity index (χ3v) is 5.60. The molecule has 1 aliphatic rings. The third kappa shape index (κ3) is 2.53. The quantitative estimate of drug-likeness (QED) is 0.801. The zero-order chi connectivity index (χ0) is 16.0. The average molecular weight is 326 g/mol. The molecule has 5 nitrogen and oxygen atoms in total. The smallest absolute Gasteiger partial charge is 0.224 e. The first-order chi connectivity index (χ1) is 11.1. The van der Waals surface area contributed by atoms with Crippen LogP contribution < -0.4 is 5.32 Å². The SMILES string of the molecule is Cc1ccsc1[C@@H]1C[C@H]1C(=O)NC(C)c1nnc2ccccn12. The summed E-state index contributed by atoms with van der Waals surface area (Å²) in [7, 11) is 0. The number of rotatable bonds is 4. The third-order valence-electron chi connectivity index (χ3n) is 4.45. The van der Waals surface area contributed by atoms with E-state index in [9.17, 15) is 4.79 Å². The fourth-order valence-electron chi connectivity index (χ4n) is 3.08. The molecule has 6 heteroatoms. The molecule has 1 aliphatic carbocycles. The van der Waals surface area contributed by atoms with Crippen LogP contribution in [0.4, 0.5) is 0 Å². The van der Waals surface area contributed by atoms with Crippen LogP contribution in [0.3, 0.4) is 0 Å². The van der Waals surface area contributed by atoms with Crippen molar-refractivity contribution < 1.29 is 4.79 Å². The Hall–Kier alpha value is -2.21. The Labute approximate surface area is 138 Å². The molecule has 0 aromatic carbocycles. The van der Waals surface area contributed by atoms with Crippen molar-refractivity contribution in [3.05, 3.63) is 52.1 Å². The summed E-state index contributed by atoms with van der Waals surface area (Å²) in [4.78, 5) is 13.9. The van der Waals surface area contributed by atoms with Crippen LogP contribution in [0.1, 0.15) is 41.6 Å². The lowest BCUT2D eigenvalue weighted by atomic mass is 10.2. The number of aromatic nitrogens is 3. The van der Waals surface area contributed by atoms with E-state index in [0.717, 1.165) is 17.9 Å². The van der Waals surface area contributed by atoms with Crippen molar-refractivity contribution in [1.82, 2.24) is 19.9 Å². The van der Waals surface area contributed by atoms with E-state index >= 15 is 0 Å². The number of aryl methyl sites for hydroxylation is 1. The minimum absolute atomic E-state index is 0.0917. The van der Waals surface area contributed by atoms with E-state index in [1.807, 2.05) is 35.7 Å². The number of nitrogens with one attached hydrogen (secondary N) is 1. The first-order valence-electron chi connectivity index (χ1n) is 7.79. The molecule has 4 rings (SSSR count). The fourth-order valence-corrected chi connectivity index (χ4v) is 4.19. The van der Waals surface area contributed by atoms with Gasteiger partial charge >= 0.3 is 0 Å². The lowest BCUT2D eigenvalue weighted by Crippen LogP contribution is -2.29. The fraction of sp³-hybridized carbons (Fsp3) is 0.353. The number of hydrogen-bond acceptors (Lipinski definition) is 4. The van der Waals surface area contributed by atoms with Crippen LogP contribution in [0.5, 0.6) is 0 Å². The van der Waals surface area contributed by atoms with Crippen molar-refractivity contribution in [2.24, 2.45) is 5.92 Å². The van der Waals surface area contributed by atoms with E-state index in [4.69, 9.17) is 0 Å². The summed E-state index contributed by atoms with van der Waals surface area (Å²) in [6.45, 7) is 4.07. The molecule has 0 spiro atoms. The van der Waals surface area contributed by atoms with Gasteiger partial charge in [-0.2, -0.15) is 0 Å². The topological polar surface area (TPSA) is 59.3 Å².